The Labute approximate surface area is 158 Å². The second-order valence-corrected chi connectivity index (χ2v) is 6.37. The molecule has 2 aromatic carbocycles. The number of urea groups is 1. The van der Waals surface area contributed by atoms with Crippen molar-refractivity contribution in [2.45, 2.75) is 12.6 Å². The average molecular weight is 395 g/mol. The quantitative estimate of drug-likeness (QED) is 0.786. The van der Waals surface area contributed by atoms with Gasteiger partial charge in [-0.1, -0.05) is 6.07 Å². The van der Waals surface area contributed by atoms with Crippen molar-refractivity contribution in [2.24, 2.45) is 0 Å². The molecule has 1 aliphatic heterocycles. The zero-order valence-corrected chi connectivity index (χ0v) is 14.9. The predicted molar refractivity (Wildman–Crippen MR) is 95.8 cm³/mol. The number of halogens is 4. The third kappa shape index (κ3) is 3.92. The van der Waals surface area contributed by atoms with Crippen LogP contribution in [0.4, 0.5) is 33.7 Å². The van der Waals surface area contributed by atoms with Crippen molar-refractivity contribution in [3.05, 3.63) is 59.4 Å². The van der Waals surface area contributed by atoms with Crippen LogP contribution in [0.1, 0.15) is 22.3 Å². The van der Waals surface area contributed by atoms with Gasteiger partial charge in [-0.2, -0.15) is 13.2 Å². The summed E-state index contributed by atoms with van der Waals surface area (Å²) in [7, 11) is 1.69. The number of anilines is 2. The molecule has 3 rings (SSSR count). The molecule has 1 fully saturated rings. The molecule has 148 valence electrons. The summed E-state index contributed by atoms with van der Waals surface area (Å²) < 4.78 is 52.9. The third-order valence-electron chi connectivity index (χ3n) is 4.41. The lowest BCUT2D eigenvalue weighted by atomic mass is 10.1. The summed E-state index contributed by atoms with van der Waals surface area (Å²) in [5.74, 6) is -2.59. The number of benzene rings is 2. The van der Waals surface area contributed by atoms with Gasteiger partial charge in [0, 0.05) is 31.5 Å². The van der Waals surface area contributed by atoms with Crippen LogP contribution >= 0.6 is 0 Å². The average Bonchev–Trinajstić information content (AvgIpc) is 2.63. The lowest BCUT2D eigenvalue weighted by Gasteiger charge is -2.33. The van der Waals surface area contributed by atoms with Gasteiger partial charge in [0.15, 0.2) is 0 Å². The van der Waals surface area contributed by atoms with Crippen LogP contribution in [-0.2, 0) is 6.18 Å². The molecule has 3 amide bonds. The number of hydrogen-bond donors (Lipinski definition) is 1. The van der Waals surface area contributed by atoms with Crippen molar-refractivity contribution >= 4 is 23.3 Å². The molecule has 1 heterocycles. The van der Waals surface area contributed by atoms with Crippen molar-refractivity contribution in [1.82, 2.24) is 4.90 Å². The molecule has 0 atom stereocenters. The standard InChI is InChI=1S/C19H17F4N3O2/c1-25-10-3-11-26(18(25)28)13-8-6-12(7-9-13)24-17(27)14-4-2-5-15(20)16(14)19(21,22)23/h2,4-9H,3,10-11H2,1H3,(H,24,27). The van der Waals surface area contributed by atoms with Crippen LogP contribution in [0.15, 0.2) is 42.5 Å². The van der Waals surface area contributed by atoms with Crippen molar-refractivity contribution in [3.63, 3.8) is 0 Å². The maximum absolute atomic E-state index is 13.6. The molecule has 1 saturated heterocycles. The molecule has 0 aromatic heterocycles. The van der Waals surface area contributed by atoms with Gasteiger partial charge in [-0.3, -0.25) is 9.69 Å². The van der Waals surface area contributed by atoms with Crippen molar-refractivity contribution in [3.8, 4) is 0 Å². The number of hydrogen-bond acceptors (Lipinski definition) is 2. The maximum atomic E-state index is 13.6. The first-order valence-corrected chi connectivity index (χ1v) is 8.48. The van der Waals surface area contributed by atoms with Gasteiger partial charge < -0.3 is 10.2 Å². The first kappa shape index (κ1) is 19.7. The number of nitrogens with one attached hydrogen (secondary N) is 1. The maximum Gasteiger partial charge on any atom is 0.420 e. The summed E-state index contributed by atoms with van der Waals surface area (Å²) in [6.07, 6.45) is -4.19. The van der Waals surface area contributed by atoms with Crippen LogP contribution in [-0.4, -0.2) is 37.0 Å². The molecule has 0 saturated carbocycles. The second-order valence-electron chi connectivity index (χ2n) is 6.37. The van der Waals surface area contributed by atoms with Gasteiger partial charge in [0.25, 0.3) is 5.91 Å². The number of carbonyl (C=O) groups is 2. The van der Waals surface area contributed by atoms with E-state index in [1.54, 1.807) is 29.0 Å². The zero-order valence-electron chi connectivity index (χ0n) is 14.9. The highest BCUT2D eigenvalue weighted by Crippen LogP contribution is 2.34. The van der Waals surface area contributed by atoms with E-state index in [1.165, 1.54) is 12.1 Å². The fourth-order valence-electron chi connectivity index (χ4n) is 3.03. The van der Waals surface area contributed by atoms with E-state index in [9.17, 15) is 27.2 Å². The number of alkyl halides is 3. The van der Waals surface area contributed by atoms with Crippen LogP contribution in [0.5, 0.6) is 0 Å². The SMILES string of the molecule is CN1CCCN(c2ccc(NC(=O)c3cccc(F)c3C(F)(F)F)cc2)C1=O. The second kappa shape index (κ2) is 7.49. The van der Waals surface area contributed by atoms with E-state index in [4.69, 9.17) is 0 Å². The first-order chi connectivity index (χ1) is 13.2. The van der Waals surface area contributed by atoms with E-state index in [-0.39, 0.29) is 11.7 Å². The summed E-state index contributed by atoms with van der Waals surface area (Å²) in [6.45, 7) is 1.21. The van der Waals surface area contributed by atoms with E-state index >= 15 is 0 Å². The van der Waals surface area contributed by atoms with Crippen LogP contribution in [0.3, 0.4) is 0 Å². The summed E-state index contributed by atoms with van der Waals surface area (Å²) in [4.78, 5) is 27.6. The zero-order chi connectivity index (χ0) is 20.5. The third-order valence-corrected chi connectivity index (χ3v) is 4.41. The minimum Gasteiger partial charge on any atom is -0.327 e. The summed E-state index contributed by atoms with van der Waals surface area (Å²) >= 11 is 0. The molecule has 1 N–H and O–H groups in total. The smallest absolute Gasteiger partial charge is 0.327 e. The van der Waals surface area contributed by atoms with Crippen molar-refractivity contribution in [1.29, 1.82) is 0 Å². The minimum absolute atomic E-state index is 0.155. The normalized spacial score (nSPS) is 15.0. The van der Waals surface area contributed by atoms with Crippen LogP contribution < -0.4 is 10.2 Å². The topological polar surface area (TPSA) is 52.6 Å². The van der Waals surface area contributed by atoms with Gasteiger partial charge in [-0.05, 0) is 42.8 Å². The molecular weight excluding hydrogens is 378 g/mol. The Morgan fingerprint density at radius 1 is 1.07 bits per heavy atom. The van der Waals surface area contributed by atoms with Gasteiger partial charge in [0.05, 0.1) is 5.56 Å². The molecule has 5 nitrogen and oxygen atoms in total. The van der Waals surface area contributed by atoms with Gasteiger partial charge in [0.1, 0.15) is 11.4 Å². The molecule has 2 aromatic rings. The summed E-state index contributed by atoms with van der Waals surface area (Å²) in [5.41, 5.74) is -1.57. The Morgan fingerprint density at radius 2 is 1.75 bits per heavy atom. The van der Waals surface area contributed by atoms with E-state index in [2.05, 4.69) is 5.32 Å². The van der Waals surface area contributed by atoms with Gasteiger partial charge in [0.2, 0.25) is 0 Å². The Hall–Kier alpha value is -3.10. The number of nitrogens with zero attached hydrogens (tertiary/aromatic N) is 2. The molecule has 9 heteroatoms. The molecule has 0 radical (unpaired) electrons. The molecule has 0 spiro atoms. The van der Waals surface area contributed by atoms with E-state index in [0.29, 0.717) is 24.8 Å². The number of amides is 3. The Morgan fingerprint density at radius 3 is 2.39 bits per heavy atom. The monoisotopic (exact) mass is 395 g/mol. The Kier molecular flexibility index (Phi) is 5.26. The lowest BCUT2D eigenvalue weighted by molar-refractivity contribution is -0.140. The van der Waals surface area contributed by atoms with Crippen LogP contribution in [0, 0.1) is 5.82 Å². The van der Waals surface area contributed by atoms with E-state index in [0.717, 1.165) is 18.6 Å². The molecule has 0 bridgehead atoms. The van der Waals surface area contributed by atoms with E-state index < -0.39 is 29.0 Å². The largest absolute Gasteiger partial charge is 0.420 e. The van der Waals surface area contributed by atoms with Crippen LogP contribution in [0.2, 0.25) is 0 Å². The summed E-state index contributed by atoms with van der Waals surface area (Å²) in [5, 5.41) is 2.33. The highest BCUT2D eigenvalue weighted by atomic mass is 19.4. The lowest BCUT2D eigenvalue weighted by Crippen LogP contribution is -2.47. The van der Waals surface area contributed by atoms with Gasteiger partial charge in [-0.15, -0.1) is 0 Å². The molecule has 1 aliphatic rings. The summed E-state index contributed by atoms with van der Waals surface area (Å²) in [6, 6.07) is 8.58. The minimum atomic E-state index is -5.00. The highest BCUT2D eigenvalue weighted by Gasteiger charge is 2.38. The van der Waals surface area contributed by atoms with Gasteiger partial charge in [-0.25, -0.2) is 9.18 Å². The first-order valence-electron chi connectivity index (χ1n) is 8.48. The molecular formula is C19H17F4N3O2. The van der Waals surface area contributed by atoms with Crippen LogP contribution in [0.25, 0.3) is 0 Å². The van der Waals surface area contributed by atoms with E-state index in [1.807, 2.05) is 0 Å². The molecule has 0 unspecified atom stereocenters. The fraction of sp³-hybridized carbons (Fsp3) is 0.263. The van der Waals surface area contributed by atoms with Gasteiger partial charge >= 0.3 is 12.2 Å². The number of rotatable bonds is 3. The number of carbonyl (C=O) groups excluding carboxylic acids is 2. The predicted octanol–water partition coefficient (Wildman–Crippen LogP) is 4.36. The Bertz CT molecular complexity index is 897. The van der Waals surface area contributed by atoms with Crippen molar-refractivity contribution in [2.75, 3.05) is 30.4 Å². The molecule has 0 aliphatic carbocycles. The van der Waals surface area contributed by atoms with Crippen molar-refractivity contribution < 1.29 is 27.2 Å². The fourth-order valence-corrected chi connectivity index (χ4v) is 3.03. The molecule has 28 heavy (non-hydrogen) atoms. The highest BCUT2D eigenvalue weighted by molar-refractivity contribution is 6.05. The Balaban J connectivity index is 1.79.